The van der Waals surface area contributed by atoms with E-state index in [-0.39, 0.29) is 35.9 Å². The van der Waals surface area contributed by atoms with E-state index in [1.54, 1.807) is 0 Å². The van der Waals surface area contributed by atoms with E-state index in [9.17, 15) is 9.59 Å². The van der Waals surface area contributed by atoms with Crippen LogP contribution >= 0.6 is 0 Å². The summed E-state index contributed by atoms with van der Waals surface area (Å²) in [4.78, 5) is 21.3. The first-order valence-electron chi connectivity index (χ1n) is 7.73. The molecule has 5 heteroatoms. The van der Waals surface area contributed by atoms with Gasteiger partial charge in [0.25, 0.3) is 0 Å². The van der Waals surface area contributed by atoms with Crippen LogP contribution in [-0.4, -0.2) is 40.1 Å². The molecule has 0 aliphatic heterocycles. The second-order valence-electron chi connectivity index (χ2n) is 5.02. The van der Waals surface area contributed by atoms with Gasteiger partial charge in [-0.15, -0.1) is 0 Å². The molecule has 0 heterocycles. The Morgan fingerprint density at radius 2 is 1.52 bits per heavy atom. The highest BCUT2D eigenvalue weighted by Crippen LogP contribution is 2.09. The van der Waals surface area contributed by atoms with Crippen LogP contribution in [0.2, 0.25) is 0 Å². The summed E-state index contributed by atoms with van der Waals surface area (Å²) in [6.45, 7) is 2.22. The maximum atomic E-state index is 11.1. The molecule has 0 atom stereocenters. The van der Waals surface area contributed by atoms with Gasteiger partial charge in [0.05, 0.1) is 19.1 Å². The first kappa shape index (κ1) is 22.7. The molecule has 0 aromatic heterocycles. The Kier molecular flexibility index (Phi) is 18.9. The summed E-state index contributed by atoms with van der Waals surface area (Å²) in [5, 5.41) is 8.40. The van der Waals surface area contributed by atoms with E-state index in [4.69, 9.17) is 9.84 Å². The van der Waals surface area contributed by atoms with Crippen LogP contribution in [0.3, 0.4) is 0 Å². The minimum absolute atomic E-state index is 0. The monoisotopic (exact) mass is 310 g/mol. The molecule has 0 bridgehead atoms. The van der Waals surface area contributed by atoms with Gasteiger partial charge in [-0.25, -0.2) is 0 Å². The van der Waals surface area contributed by atoms with Gasteiger partial charge < -0.3 is 9.84 Å². The van der Waals surface area contributed by atoms with Crippen LogP contribution in [-0.2, 0) is 14.3 Å². The molecule has 0 aromatic rings. The third-order valence-corrected chi connectivity index (χ3v) is 3.06. The Morgan fingerprint density at radius 1 is 0.952 bits per heavy atom. The normalized spacial score (nSPS) is 10.3. The Bertz CT molecular complexity index is 290. The van der Waals surface area contributed by atoms with Gasteiger partial charge in [-0.1, -0.05) is 51.9 Å². The molecule has 0 amide bonds. The van der Waals surface area contributed by atoms with Gasteiger partial charge in [0.15, 0.2) is 0 Å². The van der Waals surface area contributed by atoms with E-state index in [1.807, 2.05) is 6.08 Å². The van der Waals surface area contributed by atoms with Crippen molar-refractivity contribution in [2.75, 3.05) is 0 Å². The molecule has 0 aliphatic carbocycles. The van der Waals surface area contributed by atoms with E-state index in [0.29, 0.717) is 0 Å². The van der Waals surface area contributed by atoms with Crippen molar-refractivity contribution in [2.45, 2.75) is 77.6 Å². The summed E-state index contributed by atoms with van der Waals surface area (Å²) in [5.74, 6) is -1.47. The third kappa shape index (κ3) is 19.4. The molecule has 0 saturated heterocycles. The Labute approximate surface area is 144 Å². The van der Waals surface area contributed by atoms with Crippen LogP contribution in [0.5, 0.6) is 0 Å². The van der Waals surface area contributed by atoms with E-state index < -0.39 is 11.9 Å². The molecule has 0 rings (SSSR count). The number of carboxylic acids is 1. The smallest absolute Gasteiger partial charge is 0.316 e. The molecule has 0 fully saturated rings. The van der Waals surface area contributed by atoms with Crippen LogP contribution in [0.25, 0.3) is 0 Å². The molecular weight excluding hydrogens is 280 g/mol. The third-order valence-electron chi connectivity index (χ3n) is 3.06. The first-order valence-corrected chi connectivity index (χ1v) is 7.73. The van der Waals surface area contributed by atoms with Gasteiger partial charge in [0.1, 0.15) is 0 Å². The fraction of sp³-hybridized carbons (Fsp3) is 0.750. The molecule has 21 heavy (non-hydrogen) atoms. The van der Waals surface area contributed by atoms with Gasteiger partial charge in [-0.2, -0.15) is 0 Å². The van der Waals surface area contributed by atoms with Crippen molar-refractivity contribution in [1.29, 1.82) is 0 Å². The van der Waals surface area contributed by atoms with Crippen LogP contribution < -0.4 is 0 Å². The zero-order valence-electron chi connectivity index (χ0n) is 12.6. The lowest BCUT2D eigenvalue weighted by Crippen LogP contribution is -2.03. The van der Waals surface area contributed by atoms with Crippen LogP contribution in [0.4, 0.5) is 0 Å². The number of ether oxygens (including phenoxy) is 1. The van der Waals surface area contributed by atoms with Crippen molar-refractivity contribution in [3.8, 4) is 0 Å². The van der Waals surface area contributed by atoms with Crippen molar-refractivity contribution in [2.24, 2.45) is 0 Å². The minimum Gasteiger partial charge on any atom is -0.481 e. The summed E-state index contributed by atoms with van der Waals surface area (Å²) in [6, 6.07) is 0. The number of hydrogen-bond donors (Lipinski definition) is 1. The van der Waals surface area contributed by atoms with E-state index in [0.717, 1.165) is 12.8 Å². The summed E-state index contributed by atoms with van der Waals surface area (Å²) in [5.41, 5.74) is 0. The number of unbranched alkanes of at least 4 members (excludes halogenated alkanes) is 8. The molecule has 4 nitrogen and oxygen atoms in total. The number of aliphatic carboxylic acids is 1. The topological polar surface area (TPSA) is 63.6 Å². The molecular formula is C16H30MgO4. The number of carbonyl (C=O) groups is 2. The Morgan fingerprint density at radius 3 is 2.10 bits per heavy atom. The first-order chi connectivity index (χ1) is 9.66. The van der Waals surface area contributed by atoms with Gasteiger partial charge in [0.2, 0.25) is 0 Å². The van der Waals surface area contributed by atoms with Crippen LogP contribution in [0.1, 0.15) is 77.6 Å². The molecule has 0 spiro atoms. The highest BCUT2D eigenvalue weighted by atomic mass is 24.3. The maximum absolute atomic E-state index is 11.1. The highest BCUT2D eigenvalue weighted by molar-refractivity contribution is 5.76. The number of allylic oxidation sites excluding steroid dienone is 1. The Balaban J connectivity index is 0. The van der Waals surface area contributed by atoms with Crippen LogP contribution in [0.15, 0.2) is 12.3 Å². The van der Waals surface area contributed by atoms with E-state index in [2.05, 4.69) is 6.92 Å². The fourth-order valence-corrected chi connectivity index (χ4v) is 1.86. The SMILES string of the molecule is CCCCCCCCCC/C=C/OC(=O)CCC(=O)O.[MgH2]. The second kappa shape index (κ2) is 17.5. The molecule has 0 aromatic carbocycles. The number of rotatable bonds is 13. The summed E-state index contributed by atoms with van der Waals surface area (Å²) in [6.07, 6.45) is 14.1. The van der Waals surface area contributed by atoms with Crippen molar-refractivity contribution in [3.63, 3.8) is 0 Å². The van der Waals surface area contributed by atoms with E-state index >= 15 is 0 Å². The lowest BCUT2D eigenvalue weighted by atomic mass is 10.1. The van der Waals surface area contributed by atoms with Gasteiger partial charge >= 0.3 is 35.0 Å². The largest absolute Gasteiger partial charge is 0.481 e. The number of carbonyl (C=O) groups excluding carboxylic acids is 1. The quantitative estimate of drug-likeness (QED) is 0.245. The van der Waals surface area contributed by atoms with Crippen molar-refractivity contribution >= 4 is 35.0 Å². The second-order valence-corrected chi connectivity index (χ2v) is 5.02. The predicted octanol–water partition coefficient (Wildman–Crippen LogP) is 3.52. The molecule has 120 valence electrons. The Hall–Kier alpha value is -0.554. The summed E-state index contributed by atoms with van der Waals surface area (Å²) < 4.78 is 4.78. The number of hydrogen-bond acceptors (Lipinski definition) is 3. The lowest BCUT2D eigenvalue weighted by molar-refractivity contribution is -0.144. The standard InChI is InChI=1S/C16H28O4.Mg.2H/c1-2-3-4-5-6-7-8-9-10-11-14-20-16(19)13-12-15(17)18;;;/h11,14H,2-10,12-13H2,1H3,(H,17,18);;;/b14-11+;;;. The average molecular weight is 311 g/mol. The van der Waals surface area contributed by atoms with E-state index in [1.165, 1.54) is 51.2 Å². The van der Waals surface area contributed by atoms with Crippen molar-refractivity contribution in [1.82, 2.24) is 0 Å². The molecule has 1 N–H and O–H groups in total. The summed E-state index contributed by atoms with van der Waals surface area (Å²) in [7, 11) is 0. The van der Waals surface area contributed by atoms with Gasteiger partial charge in [-0.05, 0) is 18.9 Å². The zero-order chi connectivity index (χ0) is 15.1. The molecule has 0 unspecified atom stereocenters. The predicted molar refractivity (Wildman–Crippen MR) is 87.9 cm³/mol. The average Bonchev–Trinajstić information content (AvgIpc) is 2.42. The van der Waals surface area contributed by atoms with Gasteiger partial charge in [-0.3, -0.25) is 9.59 Å². The van der Waals surface area contributed by atoms with Gasteiger partial charge in [0, 0.05) is 0 Å². The maximum Gasteiger partial charge on any atom is 0.316 e. The highest BCUT2D eigenvalue weighted by Gasteiger charge is 2.04. The number of esters is 1. The van der Waals surface area contributed by atoms with Crippen molar-refractivity contribution in [3.05, 3.63) is 12.3 Å². The molecule has 0 saturated carbocycles. The zero-order valence-corrected chi connectivity index (χ0v) is 12.6. The molecule has 0 radical (unpaired) electrons. The number of carboxylic acid groups (broad SMARTS) is 1. The van der Waals surface area contributed by atoms with Crippen LogP contribution in [0, 0.1) is 0 Å². The van der Waals surface area contributed by atoms with Crippen molar-refractivity contribution < 1.29 is 19.4 Å². The lowest BCUT2D eigenvalue weighted by Gasteiger charge is -2.00. The fourth-order valence-electron chi connectivity index (χ4n) is 1.86. The minimum atomic E-state index is -0.982. The summed E-state index contributed by atoms with van der Waals surface area (Å²) >= 11 is 0. The molecule has 0 aliphatic rings.